The zero-order valence-corrected chi connectivity index (χ0v) is 18.9. The Morgan fingerprint density at radius 3 is 2.65 bits per heavy atom. The van der Waals surface area contributed by atoms with E-state index in [2.05, 4.69) is 55.0 Å². The second kappa shape index (κ2) is 12.0. The average Bonchev–Trinajstić information content (AvgIpc) is 2.78. The fraction of sp³-hybridized carbons (Fsp3) is 0.652. The molecule has 0 spiro atoms. The summed E-state index contributed by atoms with van der Waals surface area (Å²) < 4.78 is 0. The van der Waals surface area contributed by atoms with Crippen LogP contribution in [0, 0.1) is 0 Å². The van der Waals surface area contributed by atoms with E-state index in [1.807, 2.05) is 6.92 Å². The summed E-state index contributed by atoms with van der Waals surface area (Å²) in [6.45, 7) is 7.95. The maximum absolute atomic E-state index is 11.6. The van der Waals surface area contributed by atoms with Crippen molar-refractivity contribution >= 4 is 11.9 Å². The number of likely N-dealkylation sites (N-methyl/N-ethyl adjacent to an activating group) is 1. The molecule has 3 rings (SSSR count). The van der Waals surface area contributed by atoms with Crippen molar-refractivity contribution in [1.29, 1.82) is 0 Å². The van der Waals surface area contributed by atoms with Crippen LogP contribution in [0.25, 0.3) is 0 Å². The number of fused-ring (bicyclic) bond motifs is 1. The topological polar surface area (TPSA) is 92.2 Å². The smallest absolute Gasteiger partial charge is 0.233 e. The summed E-state index contributed by atoms with van der Waals surface area (Å²) in [5, 5.41) is 20.0. The predicted molar refractivity (Wildman–Crippen MR) is 124 cm³/mol. The first-order valence-corrected chi connectivity index (χ1v) is 11.5. The largest absolute Gasteiger partial charge is 0.390 e. The zero-order chi connectivity index (χ0) is 22.1. The molecule has 0 aromatic heterocycles. The molecule has 0 aliphatic carbocycles. The van der Waals surface area contributed by atoms with Crippen LogP contribution in [0.3, 0.4) is 0 Å². The molecule has 1 fully saturated rings. The van der Waals surface area contributed by atoms with E-state index in [-0.39, 0.29) is 5.91 Å². The summed E-state index contributed by atoms with van der Waals surface area (Å²) in [5.41, 5.74) is 2.79. The van der Waals surface area contributed by atoms with Gasteiger partial charge < -0.3 is 21.1 Å². The van der Waals surface area contributed by atoms with Crippen LogP contribution >= 0.6 is 0 Å². The first-order valence-electron chi connectivity index (χ1n) is 11.5. The first kappa shape index (κ1) is 23.5. The van der Waals surface area contributed by atoms with Crippen molar-refractivity contribution in [1.82, 2.24) is 25.8 Å². The second-order valence-corrected chi connectivity index (χ2v) is 8.50. The number of likely N-dealkylation sites (tertiary alicyclic amines) is 1. The van der Waals surface area contributed by atoms with Crippen molar-refractivity contribution in [2.24, 2.45) is 4.99 Å². The van der Waals surface area contributed by atoms with Gasteiger partial charge in [0.2, 0.25) is 5.91 Å². The highest BCUT2D eigenvalue weighted by atomic mass is 16.3. The number of carbonyl (C=O) groups is 1. The van der Waals surface area contributed by atoms with Gasteiger partial charge in [-0.15, -0.1) is 0 Å². The van der Waals surface area contributed by atoms with Gasteiger partial charge in [0.25, 0.3) is 0 Å². The number of amides is 1. The highest BCUT2D eigenvalue weighted by Gasteiger charge is 2.22. The number of aliphatic imine (C=N–C) groups is 1. The Labute approximate surface area is 186 Å². The third kappa shape index (κ3) is 7.48. The molecule has 31 heavy (non-hydrogen) atoms. The molecule has 1 aromatic rings. The summed E-state index contributed by atoms with van der Waals surface area (Å²) >= 11 is 0. The maximum Gasteiger partial charge on any atom is 0.233 e. The SMILES string of the molecule is CCNC(=NCC(O)CN1CCc2ccccc2C1)NC1CCN(CC(=O)NC)CC1. The van der Waals surface area contributed by atoms with Crippen LogP contribution < -0.4 is 16.0 Å². The van der Waals surface area contributed by atoms with Crippen LogP contribution in [-0.2, 0) is 17.8 Å². The van der Waals surface area contributed by atoms with E-state index >= 15 is 0 Å². The van der Waals surface area contributed by atoms with E-state index in [0.29, 0.717) is 25.7 Å². The van der Waals surface area contributed by atoms with Crippen molar-refractivity contribution < 1.29 is 9.90 Å². The second-order valence-electron chi connectivity index (χ2n) is 8.50. The Kier molecular flexibility index (Phi) is 9.12. The van der Waals surface area contributed by atoms with Crippen LogP contribution in [0.15, 0.2) is 29.3 Å². The van der Waals surface area contributed by atoms with E-state index in [9.17, 15) is 9.90 Å². The standard InChI is InChI=1S/C23H38N6O2/c1-3-25-23(27-20-9-12-28(13-10-20)17-22(31)24-2)26-14-21(30)16-29-11-8-18-6-4-5-7-19(18)15-29/h4-7,20-21,30H,3,8-17H2,1-2H3,(H,24,31)(H2,25,26,27). The van der Waals surface area contributed by atoms with Gasteiger partial charge in [-0.25, -0.2) is 0 Å². The number of nitrogens with one attached hydrogen (secondary N) is 3. The molecule has 2 heterocycles. The van der Waals surface area contributed by atoms with Crippen molar-refractivity contribution in [3.63, 3.8) is 0 Å². The van der Waals surface area contributed by atoms with Gasteiger partial charge in [0.15, 0.2) is 5.96 Å². The average molecular weight is 431 g/mol. The molecule has 1 unspecified atom stereocenters. The van der Waals surface area contributed by atoms with Gasteiger partial charge in [-0.3, -0.25) is 19.6 Å². The fourth-order valence-corrected chi connectivity index (χ4v) is 4.29. The lowest BCUT2D eigenvalue weighted by molar-refractivity contribution is -0.122. The summed E-state index contributed by atoms with van der Waals surface area (Å²) in [6.07, 6.45) is 2.48. The molecule has 0 bridgehead atoms. The van der Waals surface area contributed by atoms with Crippen molar-refractivity contribution in [3.8, 4) is 0 Å². The summed E-state index contributed by atoms with van der Waals surface area (Å²) in [7, 11) is 1.68. The van der Waals surface area contributed by atoms with E-state index in [1.54, 1.807) is 7.05 Å². The molecule has 8 heteroatoms. The Morgan fingerprint density at radius 1 is 1.19 bits per heavy atom. The number of rotatable bonds is 8. The fourth-order valence-electron chi connectivity index (χ4n) is 4.29. The predicted octanol–water partition coefficient (Wildman–Crippen LogP) is 0.171. The number of nitrogens with zero attached hydrogens (tertiary/aromatic N) is 3. The van der Waals surface area contributed by atoms with Crippen LogP contribution in [0.2, 0.25) is 0 Å². The van der Waals surface area contributed by atoms with Gasteiger partial charge in [-0.2, -0.15) is 0 Å². The molecule has 0 radical (unpaired) electrons. The number of hydrogen-bond donors (Lipinski definition) is 4. The van der Waals surface area contributed by atoms with Crippen molar-refractivity contribution in [3.05, 3.63) is 35.4 Å². The zero-order valence-electron chi connectivity index (χ0n) is 18.9. The quantitative estimate of drug-likeness (QED) is 0.347. The Balaban J connectivity index is 1.43. The highest BCUT2D eigenvalue weighted by molar-refractivity contribution is 5.80. The lowest BCUT2D eigenvalue weighted by Gasteiger charge is -2.32. The third-order valence-electron chi connectivity index (χ3n) is 6.06. The summed E-state index contributed by atoms with van der Waals surface area (Å²) in [5.74, 6) is 0.822. The van der Waals surface area contributed by atoms with Gasteiger partial charge in [-0.05, 0) is 37.3 Å². The van der Waals surface area contributed by atoms with Crippen LogP contribution in [0.5, 0.6) is 0 Å². The molecular formula is C23H38N6O2. The molecule has 1 saturated heterocycles. The van der Waals surface area contributed by atoms with Crippen molar-refractivity contribution in [2.45, 2.75) is 44.9 Å². The van der Waals surface area contributed by atoms with Crippen molar-refractivity contribution in [2.75, 3.05) is 52.9 Å². The highest BCUT2D eigenvalue weighted by Crippen LogP contribution is 2.18. The van der Waals surface area contributed by atoms with Crippen LogP contribution in [-0.4, -0.2) is 91.8 Å². The van der Waals surface area contributed by atoms with Crippen LogP contribution in [0.4, 0.5) is 0 Å². The normalized spacial score (nSPS) is 19.5. The third-order valence-corrected chi connectivity index (χ3v) is 6.06. The number of piperidine rings is 1. The minimum absolute atomic E-state index is 0.0625. The molecule has 1 aromatic carbocycles. The van der Waals surface area contributed by atoms with Gasteiger partial charge in [-0.1, -0.05) is 24.3 Å². The molecule has 2 aliphatic rings. The Hall–Kier alpha value is -2.16. The molecule has 1 atom stereocenters. The van der Waals surface area contributed by atoms with E-state index in [4.69, 9.17) is 0 Å². The number of aliphatic hydroxyl groups is 1. The summed E-state index contributed by atoms with van der Waals surface area (Å²) in [6, 6.07) is 8.89. The van der Waals surface area contributed by atoms with E-state index in [1.165, 1.54) is 11.1 Å². The lowest BCUT2D eigenvalue weighted by Crippen LogP contribution is -2.50. The lowest BCUT2D eigenvalue weighted by atomic mass is 10.00. The number of benzene rings is 1. The van der Waals surface area contributed by atoms with Gasteiger partial charge in [0.05, 0.1) is 19.2 Å². The summed E-state index contributed by atoms with van der Waals surface area (Å²) in [4.78, 5) is 20.7. The molecule has 2 aliphatic heterocycles. The van der Waals surface area contributed by atoms with Gasteiger partial charge >= 0.3 is 0 Å². The minimum atomic E-state index is -0.491. The van der Waals surface area contributed by atoms with Crippen LogP contribution in [0.1, 0.15) is 30.9 Å². The molecule has 172 valence electrons. The maximum atomic E-state index is 11.6. The molecular weight excluding hydrogens is 392 g/mol. The molecule has 1 amide bonds. The number of β-amino-alcohol motifs (C(OH)–C–C–N with tert-alkyl or cyclic N) is 1. The number of aliphatic hydroxyl groups excluding tert-OH is 1. The van der Waals surface area contributed by atoms with Gasteiger partial charge in [0, 0.05) is 52.4 Å². The monoisotopic (exact) mass is 430 g/mol. The molecule has 0 saturated carbocycles. The first-order chi connectivity index (χ1) is 15.1. The minimum Gasteiger partial charge on any atom is -0.390 e. The number of guanidine groups is 1. The van der Waals surface area contributed by atoms with E-state index in [0.717, 1.165) is 57.9 Å². The molecule has 4 N–H and O–H groups in total. The number of hydrogen-bond acceptors (Lipinski definition) is 5. The Morgan fingerprint density at radius 2 is 1.94 bits per heavy atom. The van der Waals surface area contributed by atoms with Gasteiger partial charge in [0.1, 0.15) is 0 Å². The Bertz CT molecular complexity index is 733. The van der Waals surface area contributed by atoms with E-state index < -0.39 is 6.10 Å². The number of carbonyl (C=O) groups excluding carboxylic acids is 1. The molecule has 8 nitrogen and oxygen atoms in total.